The zero-order chi connectivity index (χ0) is 25.5. The number of oxazole rings is 1. The minimum atomic E-state index is -0.598. The third-order valence-electron chi connectivity index (χ3n) is 5.57. The van der Waals surface area contributed by atoms with Crippen LogP contribution in [0.3, 0.4) is 0 Å². The zero-order valence-electron chi connectivity index (χ0n) is 20.1. The van der Waals surface area contributed by atoms with E-state index >= 15 is 0 Å². The van der Waals surface area contributed by atoms with Crippen LogP contribution < -0.4 is 10.9 Å². The Kier molecular flexibility index (Phi) is 7.89. The topological polar surface area (TPSA) is 99.2 Å². The summed E-state index contributed by atoms with van der Waals surface area (Å²) >= 11 is 0. The van der Waals surface area contributed by atoms with Crippen LogP contribution in [-0.4, -0.2) is 27.1 Å². The summed E-state index contributed by atoms with van der Waals surface area (Å²) in [4.78, 5) is 34.7. The molecule has 0 spiro atoms. The predicted octanol–water partition coefficient (Wildman–Crippen LogP) is 5.22. The number of esters is 1. The number of nitrogens with one attached hydrogen (secondary N) is 1. The fraction of sp³-hybridized carbons (Fsp3) is 0.259. The third-order valence-corrected chi connectivity index (χ3v) is 5.57. The number of halogens is 1. The number of carbonyl (C=O) groups excluding carboxylic acids is 1. The molecule has 0 aliphatic rings. The Labute approximate surface area is 207 Å². The van der Waals surface area contributed by atoms with Gasteiger partial charge >= 0.3 is 5.97 Å². The van der Waals surface area contributed by atoms with Gasteiger partial charge in [0.1, 0.15) is 35.8 Å². The predicted molar refractivity (Wildman–Crippen MR) is 134 cm³/mol. The van der Waals surface area contributed by atoms with Crippen molar-refractivity contribution in [2.45, 2.75) is 39.3 Å². The number of hydrogen-bond donors (Lipinski definition) is 1. The molecule has 2 aromatic carbocycles. The molecule has 0 fully saturated rings. The van der Waals surface area contributed by atoms with Gasteiger partial charge in [0, 0.05) is 5.56 Å². The molecule has 4 rings (SSSR count). The minimum Gasteiger partial charge on any atom is -0.464 e. The van der Waals surface area contributed by atoms with E-state index in [9.17, 15) is 14.0 Å². The first-order valence-electron chi connectivity index (χ1n) is 11.8. The molecule has 8 nitrogen and oxygen atoms in total. The van der Waals surface area contributed by atoms with E-state index in [2.05, 4.69) is 15.3 Å². The van der Waals surface area contributed by atoms with Crippen molar-refractivity contribution in [3.05, 3.63) is 88.9 Å². The van der Waals surface area contributed by atoms with E-state index in [1.165, 1.54) is 24.6 Å². The van der Waals surface area contributed by atoms with Crippen molar-refractivity contribution in [1.29, 1.82) is 0 Å². The van der Waals surface area contributed by atoms with E-state index < -0.39 is 29.9 Å². The van der Waals surface area contributed by atoms with E-state index in [1.807, 2.05) is 44.2 Å². The Balaban J connectivity index is 1.63. The van der Waals surface area contributed by atoms with E-state index in [1.54, 1.807) is 12.1 Å². The maximum Gasteiger partial charge on any atom is 0.326 e. The molecule has 4 aromatic rings. The van der Waals surface area contributed by atoms with Crippen molar-refractivity contribution >= 4 is 11.7 Å². The molecule has 2 aromatic heterocycles. The standard InChI is InChI=1S/C27H27FN4O4/c1-3-4-14-35-24(33)16-32-25(20-12-8-9-13-21(20)28)29-15-22(27(32)34)30-18(2)23-17-36-26(31-23)19-10-6-5-7-11-19/h5-13,15,17-18,30H,3-4,14,16H2,1-2H3/t18-/m1/s1. The SMILES string of the molecule is CCCCOC(=O)Cn1c(-c2ccccc2F)ncc(N[C@H](C)c2coc(-c3ccccc3)n2)c1=O. The summed E-state index contributed by atoms with van der Waals surface area (Å²) in [5.74, 6) is -0.655. The second-order valence-corrected chi connectivity index (χ2v) is 8.25. The van der Waals surface area contributed by atoms with Gasteiger partial charge in [0.25, 0.3) is 5.56 Å². The highest BCUT2D eigenvalue weighted by molar-refractivity contribution is 5.71. The lowest BCUT2D eigenvalue weighted by Crippen LogP contribution is -2.30. The van der Waals surface area contributed by atoms with Gasteiger partial charge in [-0.3, -0.25) is 14.2 Å². The number of aromatic nitrogens is 3. The highest BCUT2D eigenvalue weighted by Gasteiger charge is 2.20. The summed E-state index contributed by atoms with van der Waals surface area (Å²) in [5, 5.41) is 3.09. The number of benzene rings is 2. The van der Waals surface area contributed by atoms with Crippen LogP contribution in [0.15, 0.2) is 76.3 Å². The van der Waals surface area contributed by atoms with Gasteiger partial charge in [-0.2, -0.15) is 0 Å². The molecule has 0 radical (unpaired) electrons. The largest absolute Gasteiger partial charge is 0.464 e. The summed E-state index contributed by atoms with van der Waals surface area (Å²) in [6.07, 6.45) is 4.42. The van der Waals surface area contributed by atoms with Crippen molar-refractivity contribution in [3.63, 3.8) is 0 Å². The Morgan fingerprint density at radius 3 is 2.67 bits per heavy atom. The average molecular weight is 491 g/mol. The van der Waals surface area contributed by atoms with Crippen molar-refractivity contribution in [2.24, 2.45) is 0 Å². The molecule has 2 heterocycles. The summed E-state index contributed by atoms with van der Waals surface area (Å²) < 4.78 is 26.5. The minimum absolute atomic E-state index is 0.0385. The van der Waals surface area contributed by atoms with Crippen LogP contribution in [0.25, 0.3) is 22.8 Å². The normalized spacial score (nSPS) is 11.8. The lowest BCUT2D eigenvalue weighted by molar-refractivity contribution is -0.144. The fourth-order valence-electron chi connectivity index (χ4n) is 3.61. The zero-order valence-corrected chi connectivity index (χ0v) is 20.1. The lowest BCUT2D eigenvalue weighted by atomic mass is 10.2. The molecule has 0 saturated carbocycles. The van der Waals surface area contributed by atoms with E-state index in [0.717, 1.165) is 16.6 Å². The molecule has 1 N–H and O–H groups in total. The van der Waals surface area contributed by atoms with E-state index in [-0.39, 0.29) is 23.7 Å². The molecule has 0 unspecified atom stereocenters. The number of unbranched alkanes of at least 4 members (excludes halogenated alkanes) is 1. The molecule has 186 valence electrons. The number of ether oxygens (including phenoxy) is 1. The lowest BCUT2D eigenvalue weighted by Gasteiger charge is -2.16. The van der Waals surface area contributed by atoms with Crippen molar-refractivity contribution in [3.8, 4) is 22.8 Å². The van der Waals surface area contributed by atoms with Gasteiger partial charge in [0.05, 0.1) is 24.4 Å². The highest BCUT2D eigenvalue weighted by Crippen LogP contribution is 2.24. The van der Waals surface area contributed by atoms with Crippen LogP contribution in [0.2, 0.25) is 0 Å². The Bertz CT molecular complexity index is 1380. The fourth-order valence-corrected chi connectivity index (χ4v) is 3.61. The molecule has 36 heavy (non-hydrogen) atoms. The molecule has 1 atom stereocenters. The van der Waals surface area contributed by atoms with Gasteiger partial charge in [-0.15, -0.1) is 0 Å². The first-order valence-corrected chi connectivity index (χ1v) is 11.8. The first-order chi connectivity index (χ1) is 17.5. The monoisotopic (exact) mass is 490 g/mol. The van der Waals surface area contributed by atoms with Gasteiger partial charge in [-0.05, 0) is 37.6 Å². The molecule has 0 aliphatic heterocycles. The van der Waals surface area contributed by atoms with Crippen LogP contribution in [0.5, 0.6) is 0 Å². The third kappa shape index (κ3) is 5.68. The van der Waals surface area contributed by atoms with Crippen LogP contribution in [0.1, 0.15) is 38.4 Å². The first kappa shape index (κ1) is 24.8. The number of hydrogen-bond acceptors (Lipinski definition) is 7. The van der Waals surface area contributed by atoms with Crippen molar-refractivity contribution in [1.82, 2.24) is 14.5 Å². The van der Waals surface area contributed by atoms with Crippen LogP contribution in [0, 0.1) is 5.82 Å². The number of anilines is 1. The van der Waals surface area contributed by atoms with Crippen LogP contribution in [0.4, 0.5) is 10.1 Å². The number of rotatable bonds is 10. The van der Waals surface area contributed by atoms with Crippen LogP contribution in [-0.2, 0) is 16.1 Å². The second-order valence-electron chi connectivity index (χ2n) is 8.25. The quantitative estimate of drug-likeness (QED) is 0.240. The van der Waals surface area contributed by atoms with Crippen LogP contribution >= 0.6 is 0 Å². The number of nitrogens with zero attached hydrogens (tertiary/aromatic N) is 3. The van der Waals surface area contributed by atoms with Crippen molar-refractivity contribution in [2.75, 3.05) is 11.9 Å². The molecular formula is C27H27FN4O4. The smallest absolute Gasteiger partial charge is 0.326 e. The molecule has 0 saturated heterocycles. The maximum atomic E-state index is 14.5. The maximum absolute atomic E-state index is 14.5. The Morgan fingerprint density at radius 2 is 1.92 bits per heavy atom. The number of carbonyl (C=O) groups is 1. The summed E-state index contributed by atoms with van der Waals surface area (Å²) in [6.45, 7) is 3.65. The van der Waals surface area contributed by atoms with Crippen molar-refractivity contribution < 1.29 is 18.3 Å². The molecule has 0 amide bonds. The Hall–Kier alpha value is -4.27. The van der Waals surface area contributed by atoms with Gasteiger partial charge in [0.2, 0.25) is 5.89 Å². The van der Waals surface area contributed by atoms with Gasteiger partial charge in [0.15, 0.2) is 0 Å². The van der Waals surface area contributed by atoms with Gasteiger partial charge in [-0.25, -0.2) is 14.4 Å². The Morgan fingerprint density at radius 1 is 1.17 bits per heavy atom. The highest BCUT2D eigenvalue weighted by atomic mass is 19.1. The second kappa shape index (κ2) is 11.4. The summed E-state index contributed by atoms with van der Waals surface area (Å²) in [6, 6.07) is 15.0. The molecular weight excluding hydrogens is 463 g/mol. The molecule has 0 bridgehead atoms. The van der Waals surface area contributed by atoms with Gasteiger partial charge < -0.3 is 14.5 Å². The van der Waals surface area contributed by atoms with E-state index in [4.69, 9.17) is 9.15 Å². The van der Waals surface area contributed by atoms with E-state index in [0.29, 0.717) is 18.0 Å². The summed E-state index contributed by atoms with van der Waals surface area (Å²) in [7, 11) is 0. The molecule has 0 aliphatic carbocycles. The average Bonchev–Trinajstić information content (AvgIpc) is 3.38. The summed E-state index contributed by atoms with van der Waals surface area (Å²) in [5.41, 5.74) is 1.12. The van der Waals surface area contributed by atoms with Gasteiger partial charge in [-0.1, -0.05) is 43.7 Å². The molecule has 9 heteroatoms.